The Hall–Kier alpha value is -1.79. The highest BCUT2D eigenvalue weighted by atomic mass is 16.5. The van der Waals surface area contributed by atoms with Gasteiger partial charge in [0.05, 0.1) is 12.7 Å². The Labute approximate surface area is 124 Å². The first-order chi connectivity index (χ1) is 10.1. The van der Waals surface area contributed by atoms with Crippen LogP contribution in [-0.4, -0.2) is 50.1 Å². The van der Waals surface area contributed by atoms with E-state index in [1.54, 1.807) is 31.4 Å². The summed E-state index contributed by atoms with van der Waals surface area (Å²) in [5.41, 5.74) is -0.871. The lowest BCUT2D eigenvalue weighted by atomic mass is 9.94. The highest BCUT2D eigenvalue weighted by Gasteiger charge is 2.30. The number of ether oxygens (including phenoxy) is 3. The molecule has 0 atom stereocenters. The van der Waals surface area contributed by atoms with E-state index < -0.39 is 5.60 Å². The molecule has 1 fully saturated rings. The summed E-state index contributed by atoms with van der Waals surface area (Å²) in [6, 6.07) is 7.05. The monoisotopic (exact) mass is 295 g/mol. The predicted molar refractivity (Wildman–Crippen MR) is 76.5 cm³/mol. The van der Waals surface area contributed by atoms with Crippen molar-refractivity contribution in [2.45, 2.75) is 18.4 Å². The first-order valence-electron chi connectivity index (χ1n) is 6.95. The third-order valence-electron chi connectivity index (χ3n) is 3.45. The van der Waals surface area contributed by atoms with Crippen LogP contribution in [0.15, 0.2) is 24.3 Å². The molecule has 6 nitrogen and oxygen atoms in total. The summed E-state index contributed by atoms with van der Waals surface area (Å²) in [4.78, 5) is 11.7. The molecular formula is C15H21NO5. The van der Waals surface area contributed by atoms with Crippen molar-refractivity contribution in [3.8, 4) is 11.5 Å². The van der Waals surface area contributed by atoms with Crippen molar-refractivity contribution in [1.29, 1.82) is 0 Å². The van der Waals surface area contributed by atoms with Gasteiger partial charge in [-0.05, 0) is 12.1 Å². The average molecular weight is 295 g/mol. The molecule has 1 aliphatic rings. The molecule has 0 saturated carbocycles. The average Bonchev–Trinajstić information content (AvgIpc) is 2.52. The molecular weight excluding hydrogens is 274 g/mol. The summed E-state index contributed by atoms with van der Waals surface area (Å²) in [6.07, 6.45) is 1.06. The van der Waals surface area contributed by atoms with Gasteiger partial charge >= 0.3 is 0 Å². The number of hydrogen-bond donors (Lipinski definition) is 2. The molecule has 0 bridgehead atoms. The Balaban J connectivity index is 1.74. The zero-order chi connectivity index (χ0) is 15.1. The summed E-state index contributed by atoms with van der Waals surface area (Å²) < 4.78 is 15.7. The minimum Gasteiger partial charge on any atom is -0.497 e. The van der Waals surface area contributed by atoms with Crippen molar-refractivity contribution >= 4 is 5.91 Å². The van der Waals surface area contributed by atoms with Crippen LogP contribution >= 0.6 is 0 Å². The van der Waals surface area contributed by atoms with Crippen molar-refractivity contribution in [2.24, 2.45) is 0 Å². The molecule has 21 heavy (non-hydrogen) atoms. The van der Waals surface area contributed by atoms with E-state index in [-0.39, 0.29) is 19.1 Å². The largest absolute Gasteiger partial charge is 0.497 e. The highest BCUT2D eigenvalue weighted by Crippen LogP contribution is 2.20. The second-order valence-corrected chi connectivity index (χ2v) is 5.08. The van der Waals surface area contributed by atoms with Gasteiger partial charge in [-0.3, -0.25) is 4.79 Å². The first-order valence-corrected chi connectivity index (χ1v) is 6.95. The van der Waals surface area contributed by atoms with Crippen molar-refractivity contribution in [3.63, 3.8) is 0 Å². The van der Waals surface area contributed by atoms with Crippen molar-refractivity contribution < 1.29 is 24.1 Å². The Kier molecular flexibility index (Phi) is 5.41. The number of methoxy groups -OCH3 is 1. The molecule has 1 aliphatic heterocycles. The van der Waals surface area contributed by atoms with E-state index in [1.807, 2.05) is 0 Å². The SMILES string of the molecule is COc1cccc(OCC(=O)NCC2(O)CCOCC2)c1. The second kappa shape index (κ2) is 7.28. The summed E-state index contributed by atoms with van der Waals surface area (Å²) in [6.45, 7) is 1.16. The molecule has 0 radical (unpaired) electrons. The Morgan fingerprint density at radius 3 is 2.81 bits per heavy atom. The van der Waals surface area contributed by atoms with Gasteiger partial charge in [-0.15, -0.1) is 0 Å². The van der Waals surface area contributed by atoms with E-state index in [4.69, 9.17) is 14.2 Å². The van der Waals surface area contributed by atoms with Crippen molar-refractivity contribution in [2.75, 3.05) is 33.5 Å². The second-order valence-electron chi connectivity index (χ2n) is 5.08. The van der Waals surface area contributed by atoms with Crippen LogP contribution in [0.1, 0.15) is 12.8 Å². The van der Waals surface area contributed by atoms with Gasteiger partial charge in [0.2, 0.25) is 0 Å². The minimum absolute atomic E-state index is 0.0975. The van der Waals surface area contributed by atoms with Crippen molar-refractivity contribution in [1.82, 2.24) is 5.32 Å². The number of amides is 1. The third-order valence-corrected chi connectivity index (χ3v) is 3.45. The Morgan fingerprint density at radius 2 is 2.10 bits per heavy atom. The van der Waals surface area contributed by atoms with Crippen LogP contribution in [0.5, 0.6) is 11.5 Å². The van der Waals surface area contributed by atoms with Gasteiger partial charge in [-0.1, -0.05) is 6.07 Å². The van der Waals surface area contributed by atoms with Crippen LogP contribution in [0.25, 0.3) is 0 Å². The lowest BCUT2D eigenvalue weighted by Gasteiger charge is -2.32. The summed E-state index contributed by atoms with van der Waals surface area (Å²) in [7, 11) is 1.57. The van der Waals surface area contributed by atoms with Crippen LogP contribution in [0.3, 0.4) is 0 Å². The number of nitrogens with one attached hydrogen (secondary N) is 1. The molecule has 0 aromatic heterocycles. The van der Waals surface area contributed by atoms with Crippen LogP contribution in [0, 0.1) is 0 Å². The zero-order valence-corrected chi connectivity index (χ0v) is 12.1. The number of aliphatic hydroxyl groups is 1. The molecule has 116 valence electrons. The standard InChI is InChI=1S/C15H21NO5/c1-19-12-3-2-4-13(9-12)21-10-14(17)16-11-15(18)5-7-20-8-6-15/h2-4,9,18H,5-8,10-11H2,1H3,(H,16,17). The Morgan fingerprint density at radius 1 is 1.38 bits per heavy atom. The topological polar surface area (TPSA) is 77.0 Å². The van der Waals surface area contributed by atoms with E-state index in [0.29, 0.717) is 37.6 Å². The predicted octanol–water partition coefficient (Wildman–Crippen LogP) is 0.732. The number of carbonyl (C=O) groups excluding carboxylic acids is 1. The smallest absolute Gasteiger partial charge is 0.258 e. The van der Waals surface area contributed by atoms with Gasteiger partial charge in [0.1, 0.15) is 11.5 Å². The summed E-state index contributed by atoms with van der Waals surface area (Å²) in [5.74, 6) is 0.969. The van der Waals surface area contributed by atoms with E-state index in [0.717, 1.165) is 0 Å². The molecule has 2 rings (SSSR count). The van der Waals surface area contributed by atoms with Crippen LogP contribution < -0.4 is 14.8 Å². The zero-order valence-electron chi connectivity index (χ0n) is 12.1. The molecule has 1 aromatic carbocycles. The van der Waals surface area contributed by atoms with Gasteiger partial charge in [-0.25, -0.2) is 0 Å². The fourth-order valence-corrected chi connectivity index (χ4v) is 2.08. The summed E-state index contributed by atoms with van der Waals surface area (Å²) in [5, 5.41) is 12.9. The fraction of sp³-hybridized carbons (Fsp3) is 0.533. The van der Waals surface area contributed by atoms with Crippen molar-refractivity contribution in [3.05, 3.63) is 24.3 Å². The van der Waals surface area contributed by atoms with E-state index in [9.17, 15) is 9.90 Å². The summed E-state index contributed by atoms with van der Waals surface area (Å²) >= 11 is 0. The fourth-order valence-electron chi connectivity index (χ4n) is 2.08. The van der Waals surface area contributed by atoms with E-state index >= 15 is 0 Å². The molecule has 6 heteroatoms. The first kappa shape index (κ1) is 15.6. The molecule has 0 spiro atoms. The molecule has 1 amide bonds. The molecule has 1 aromatic rings. The number of hydrogen-bond acceptors (Lipinski definition) is 5. The normalized spacial score (nSPS) is 17.0. The quantitative estimate of drug-likeness (QED) is 0.809. The minimum atomic E-state index is -0.871. The van der Waals surface area contributed by atoms with Gasteiger partial charge in [0, 0.05) is 38.7 Å². The molecule has 0 aliphatic carbocycles. The van der Waals surface area contributed by atoms with Crippen LogP contribution in [0.4, 0.5) is 0 Å². The van der Waals surface area contributed by atoms with Gasteiger partial charge in [-0.2, -0.15) is 0 Å². The van der Waals surface area contributed by atoms with E-state index in [2.05, 4.69) is 5.32 Å². The van der Waals surface area contributed by atoms with Crippen LogP contribution in [0.2, 0.25) is 0 Å². The van der Waals surface area contributed by atoms with Crippen LogP contribution in [-0.2, 0) is 9.53 Å². The maximum Gasteiger partial charge on any atom is 0.258 e. The lowest BCUT2D eigenvalue weighted by Crippen LogP contribution is -2.47. The van der Waals surface area contributed by atoms with Gasteiger partial charge in [0.15, 0.2) is 6.61 Å². The maximum atomic E-state index is 11.7. The molecule has 1 saturated heterocycles. The van der Waals surface area contributed by atoms with Gasteiger partial charge in [0.25, 0.3) is 5.91 Å². The third kappa shape index (κ3) is 4.91. The number of carbonyl (C=O) groups is 1. The number of rotatable bonds is 6. The molecule has 2 N–H and O–H groups in total. The maximum absolute atomic E-state index is 11.7. The molecule has 1 heterocycles. The Bertz CT molecular complexity index is 471. The van der Waals surface area contributed by atoms with Gasteiger partial charge < -0.3 is 24.6 Å². The lowest BCUT2D eigenvalue weighted by molar-refractivity contribution is -0.125. The highest BCUT2D eigenvalue weighted by molar-refractivity contribution is 5.77. The molecule has 0 unspecified atom stereocenters. The van der Waals surface area contributed by atoms with E-state index in [1.165, 1.54) is 0 Å². The number of benzene rings is 1.